The van der Waals surface area contributed by atoms with Gasteiger partial charge in [-0.1, -0.05) is 12.1 Å². The number of ether oxygens (including phenoxy) is 1. The second kappa shape index (κ2) is 12.1. The lowest BCUT2D eigenvalue weighted by Crippen LogP contribution is -2.37. The van der Waals surface area contributed by atoms with Crippen LogP contribution in [0.3, 0.4) is 0 Å². The molecule has 1 aromatic heterocycles. The van der Waals surface area contributed by atoms with E-state index in [1.165, 1.54) is 0 Å². The number of aliphatic imine (C=N–C) groups is 1. The first-order valence-corrected chi connectivity index (χ1v) is 9.12. The van der Waals surface area contributed by atoms with Gasteiger partial charge in [-0.3, -0.25) is 4.99 Å². The van der Waals surface area contributed by atoms with E-state index in [1.807, 2.05) is 0 Å². The van der Waals surface area contributed by atoms with E-state index >= 15 is 0 Å². The highest BCUT2D eigenvalue weighted by atomic mass is 127. The third kappa shape index (κ3) is 9.10. The van der Waals surface area contributed by atoms with Crippen molar-refractivity contribution in [2.24, 2.45) is 4.99 Å². The van der Waals surface area contributed by atoms with E-state index in [0.717, 1.165) is 22.3 Å². The first-order valence-electron chi connectivity index (χ1n) is 8.24. The van der Waals surface area contributed by atoms with E-state index in [0.29, 0.717) is 36.2 Å². The molecule has 162 valence electrons. The Labute approximate surface area is 185 Å². The monoisotopic (exact) mass is 550 g/mol. The van der Waals surface area contributed by atoms with Crippen LogP contribution in [-0.4, -0.2) is 37.6 Å². The topological polar surface area (TPSA) is 58.5 Å². The van der Waals surface area contributed by atoms with E-state index < -0.39 is 24.9 Å². The van der Waals surface area contributed by atoms with Gasteiger partial charge in [-0.05, 0) is 17.7 Å². The van der Waals surface area contributed by atoms with Crippen LogP contribution in [0.15, 0.2) is 34.6 Å². The molecule has 0 bridgehead atoms. The molecule has 0 fully saturated rings. The first-order chi connectivity index (χ1) is 13.3. The van der Waals surface area contributed by atoms with Crippen molar-refractivity contribution >= 4 is 41.3 Å². The summed E-state index contributed by atoms with van der Waals surface area (Å²) in [5, 5.41) is 7.38. The first kappa shape index (κ1) is 25.3. The maximum Gasteiger partial charge on any atom is 0.434 e. The number of alkyl halides is 5. The third-order valence-electron chi connectivity index (χ3n) is 3.43. The number of nitrogens with one attached hydrogen (secondary N) is 2. The Kier molecular flexibility index (Phi) is 10.6. The van der Waals surface area contributed by atoms with Crippen LogP contribution in [0.4, 0.5) is 22.0 Å². The van der Waals surface area contributed by atoms with Crippen molar-refractivity contribution in [3.8, 4) is 5.75 Å². The fourth-order valence-corrected chi connectivity index (χ4v) is 2.96. The molecule has 0 radical (unpaired) electrons. The number of hydrogen-bond donors (Lipinski definition) is 2. The fourth-order valence-electron chi connectivity index (χ4n) is 2.15. The molecule has 0 aliphatic rings. The Morgan fingerprint density at radius 3 is 2.66 bits per heavy atom. The van der Waals surface area contributed by atoms with Gasteiger partial charge in [0.2, 0.25) is 0 Å². The molecule has 12 heteroatoms. The normalized spacial score (nSPS) is 11.9. The lowest BCUT2D eigenvalue weighted by molar-refractivity contribution is -0.140. The maximum absolute atomic E-state index is 12.5. The molecule has 0 aliphatic carbocycles. The number of rotatable bonds is 8. The van der Waals surface area contributed by atoms with Gasteiger partial charge in [0, 0.05) is 31.9 Å². The summed E-state index contributed by atoms with van der Waals surface area (Å²) in [5.41, 5.74) is -0.0894. The van der Waals surface area contributed by atoms with Crippen LogP contribution in [0.5, 0.6) is 5.75 Å². The summed E-state index contributed by atoms with van der Waals surface area (Å²) < 4.78 is 67.0. The molecule has 2 N–H and O–H groups in total. The number of guanidine groups is 1. The highest BCUT2D eigenvalue weighted by Gasteiger charge is 2.33. The smallest absolute Gasteiger partial charge is 0.434 e. The van der Waals surface area contributed by atoms with E-state index in [1.54, 1.807) is 31.3 Å². The minimum atomic E-state index is -4.44. The summed E-state index contributed by atoms with van der Waals surface area (Å²) in [7, 11) is 1.56. The second-order valence-electron chi connectivity index (χ2n) is 5.58. The van der Waals surface area contributed by atoms with Crippen LogP contribution in [0, 0.1) is 0 Å². The highest BCUT2D eigenvalue weighted by molar-refractivity contribution is 14.0. The summed E-state index contributed by atoms with van der Waals surface area (Å²) in [6.45, 7) is 0.0377. The van der Waals surface area contributed by atoms with Gasteiger partial charge in [0.15, 0.2) is 11.7 Å². The summed E-state index contributed by atoms with van der Waals surface area (Å²) in [5.74, 6) is 0.790. The van der Waals surface area contributed by atoms with Gasteiger partial charge in [-0.25, -0.2) is 13.8 Å². The van der Waals surface area contributed by atoms with Crippen LogP contribution in [0.2, 0.25) is 0 Å². The molecule has 0 aliphatic heterocycles. The van der Waals surface area contributed by atoms with Crippen molar-refractivity contribution in [2.45, 2.75) is 25.6 Å². The molecule has 0 amide bonds. The summed E-state index contributed by atoms with van der Waals surface area (Å²) in [4.78, 5) is 7.59. The minimum Gasteiger partial charge on any atom is -0.488 e. The molecular weight excluding hydrogens is 530 g/mol. The number of benzene rings is 1. The van der Waals surface area contributed by atoms with Gasteiger partial charge < -0.3 is 15.4 Å². The third-order valence-corrected chi connectivity index (χ3v) is 4.34. The standard InChI is InChI=1S/C17H19F5N4OS.HI/c1-23-16(24-6-5-15-26-13(10-28-15)17(20,21)22)25-8-11-3-2-4-12(7-11)27-9-14(18)19;/h2-4,7,10,14H,5-6,8-9H2,1H3,(H2,23,24,25);1H. The van der Waals surface area contributed by atoms with Crippen molar-refractivity contribution in [1.82, 2.24) is 15.6 Å². The van der Waals surface area contributed by atoms with E-state index in [-0.39, 0.29) is 24.0 Å². The van der Waals surface area contributed by atoms with E-state index in [9.17, 15) is 22.0 Å². The van der Waals surface area contributed by atoms with Gasteiger partial charge >= 0.3 is 6.18 Å². The van der Waals surface area contributed by atoms with Crippen LogP contribution in [-0.2, 0) is 19.1 Å². The molecule has 1 heterocycles. The zero-order valence-electron chi connectivity index (χ0n) is 15.3. The fraction of sp³-hybridized carbons (Fsp3) is 0.412. The molecule has 0 spiro atoms. The molecule has 0 saturated heterocycles. The molecule has 1 aromatic carbocycles. The summed E-state index contributed by atoms with van der Waals surface area (Å²) in [6.07, 6.45) is -6.67. The lowest BCUT2D eigenvalue weighted by Gasteiger charge is -2.12. The molecule has 0 saturated carbocycles. The van der Waals surface area contributed by atoms with Gasteiger partial charge in [-0.2, -0.15) is 13.2 Å². The van der Waals surface area contributed by atoms with Crippen molar-refractivity contribution in [1.29, 1.82) is 0 Å². The van der Waals surface area contributed by atoms with Crippen LogP contribution < -0.4 is 15.4 Å². The lowest BCUT2D eigenvalue weighted by atomic mass is 10.2. The Balaban J connectivity index is 0.00000420. The van der Waals surface area contributed by atoms with Gasteiger partial charge in [0.05, 0.1) is 5.01 Å². The van der Waals surface area contributed by atoms with Crippen LogP contribution >= 0.6 is 35.3 Å². The average molecular weight is 550 g/mol. The molecular formula is C17H20F5IN4OS. The Hall–Kier alpha value is -1.70. The van der Waals surface area contributed by atoms with Gasteiger partial charge in [-0.15, -0.1) is 35.3 Å². The largest absolute Gasteiger partial charge is 0.488 e. The molecule has 29 heavy (non-hydrogen) atoms. The Morgan fingerprint density at radius 1 is 1.28 bits per heavy atom. The Morgan fingerprint density at radius 2 is 2.03 bits per heavy atom. The highest BCUT2D eigenvalue weighted by Crippen LogP contribution is 2.30. The number of halogens is 6. The average Bonchev–Trinajstić information content (AvgIpc) is 3.12. The molecule has 2 aromatic rings. The molecule has 2 rings (SSSR count). The number of nitrogens with zero attached hydrogens (tertiary/aromatic N) is 2. The van der Waals surface area contributed by atoms with E-state index in [4.69, 9.17) is 4.74 Å². The molecule has 0 atom stereocenters. The zero-order valence-corrected chi connectivity index (χ0v) is 18.4. The zero-order chi connectivity index (χ0) is 20.6. The second-order valence-corrected chi connectivity index (χ2v) is 6.52. The number of thiazole rings is 1. The molecule has 5 nitrogen and oxygen atoms in total. The van der Waals surface area contributed by atoms with Crippen LogP contribution in [0.25, 0.3) is 0 Å². The minimum absolute atomic E-state index is 0. The van der Waals surface area contributed by atoms with Crippen LogP contribution in [0.1, 0.15) is 16.3 Å². The van der Waals surface area contributed by atoms with Crippen molar-refractivity contribution in [3.63, 3.8) is 0 Å². The van der Waals surface area contributed by atoms with Gasteiger partial charge in [0.1, 0.15) is 12.4 Å². The summed E-state index contributed by atoms with van der Waals surface area (Å²) in [6, 6.07) is 6.71. The van der Waals surface area contributed by atoms with E-state index in [2.05, 4.69) is 20.6 Å². The number of aromatic nitrogens is 1. The maximum atomic E-state index is 12.5. The van der Waals surface area contributed by atoms with Gasteiger partial charge in [0.25, 0.3) is 6.43 Å². The predicted molar refractivity (Wildman–Crippen MR) is 112 cm³/mol. The van der Waals surface area contributed by atoms with Crippen molar-refractivity contribution < 1.29 is 26.7 Å². The number of hydrogen-bond acceptors (Lipinski definition) is 4. The SMILES string of the molecule is CN=C(NCCc1nc(C(F)(F)F)cs1)NCc1cccc(OCC(F)F)c1.I. The van der Waals surface area contributed by atoms with Crippen molar-refractivity contribution in [3.05, 3.63) is 45.9 Å². The van der Waals surface area contributed by atoms with Crippen molar-refractivity contribution in [2.75, 3.05) is 20.2 Å². The Bertz CT molecular complexity index is 785. The quantitative estimate of drug-likeness (QED) is 0.223. The summed E-state index contributed by atoms with van der Waals surface area (Å²) >= 11 is 0.955. The molecule has 0 unspecified atom stereocenters. The predicted octanol–water partition coefficient (Wildman–Crippen LogP) is 4.33.